The minimum absolute atomic E-state index is 0.0703. The molecule has 2 saturated carbocycles. The van der Waals surface area contributed by atoms with Crippen LogP contribution in [0.3, 0.4) is 0 Å². The Hall–Kier alpha value is -5.76. The molecule has 0 spiro atoms. The molecule has 79 heavy (non-hydrogen) atoms. The number of rotatable bonds is 11. The first-order valence-electron chi connectivity index (χ1n) is 30.6. The van der Waals surface area contributed by atoms with Gasteiger partial charge in [-0.25, -0.2) is 18.4 Å². The summed E-state index contributed by atoms with van der Waals surface area (Å²) in [5.41, 5.74) is 19.7. The molecule has 6 aliphatic carbocycles. The number of likely N-dealkylation sites (tertiary alicyclic amines) is 1. The number of aliphatic carboxylic acids is 2. The molecule has 13 heteroatoms. The monoisotopic (exact) mass is 1070 g/mol. The number of carboxylic acids is 2. The molecule has 3 unspecified atom stereocenters. The second-order valence-corrected chi connectivity index (χ2v) is 25.3. The summed E-state index contributed by atoms with van der Waals surface area (Å²) >= 11 is 0. The molecule has 0 radical (unpaired) electrons. The Morgan fingerprint density at radius 1 is 0.582 bits per heavy atom. The molecule has 0 bridgehead atoms. The number of likely N-dealkylation sites (N-methyl/N-ethyl adjacent to an activating group) is 1. The molecule has 3 atom stereocenters. The number of allylic oxidation sites excluding steroid dienone is 6. The van der Waals surface area contributed by atoms with E-state index in [-0.39, 0.29) is 24.9 Å². The topological polar surface area (TPSA) is 101 Å². The van der Waals surface area contributed by atoms with Crippen LogP contribution in [0.4, 0.5) is 8.78 Å². The van der Waals surface area contributed by atoms with Crippen molar-refractivity contribution in [2.24, 2.45) is 23.7 Å². The Bertz CT molecular complexity index is 3160. The molecule has 2 saturated heterocycles. The van der Waals surface area contributed by atoms with Crippen molar-refractivity contribution < 1.29 is 28.6 Å². The molecule has 0 amide bonds. The van der Waals surface area contributed by atoms with Gasteiger partial charge >= 0.3 is 11.9 Å². The van der Waals surface area contributed by atoms with E-state index in [0.29, 0.717) is 47.9 Å². The summed E-state index contributed by atoms with van der Waals surface area (Å²) in [5, 5.41) is 20.9. The van der Waals surface area contributed by atoms with Gasteiger partial charge in [0.1, 0.15) is 0 Å². The second-order valence-electron chi connectivity index (χ2n) is 25.3. The maximum Gasteiger partial charge on any atom is 0.335 e. The summed E-state index contributed by atoms with van der Waals surface area (Å²) in [4.78, 5) is 38.2. The van der Waals surface area contributed by atoms with Crippen LogP contribution in [0.25, 0.3) is 23.3 Å². The Labute approximate surface area is 465 Å². The van der Waals surface area contributed by atoms with Gasteiger partial charge in [-0.2, -0.15) is 0 Å². The van der Waals surface area contributed by atoms with Crippen molar-refractivity contribution >= 4 is 35.2 Å². The summed E-state index contributed by atoms with van der Waals surface area (Å²) in [6, 6.07) is -0.236. The molecule has 4 fully saturated rings. The highest BCUT2D eigenvalue weighted by Crippen LogP contribution is 2.55. The molecule has 8 heterocycles. The van der Waals surface area contributed by atoms with Crippen molar-refractivity contribution in [1.29, 1.82) is 0 Å². The summed E-state index contributed by atoms with van der Waals surface area (Å²) in [6.07, 6.45) is 40.1. The van der Waals surface area contributed by atoms with E-state index in [2.05, 4.69) is 95.5 Å². The van der Waals surface area contributed by atoms with Crippen molar-refractivity contribution in [2.75, 3.05) is 65.4 Å². The Balaban J connectivity index is 0.815. The first-order valence-corrected chi connectivity index (χ1v) is 30.6. The minimum atomic E-state index is -2.56. The largest absolute Gasteiger partial charge is 0.478 e. The van der Waals surface area contributed by atoms with Gasteiger partial charge < -0.3 is 38.9 Å². The first-order chi connectivity index (χ1) is 38.5. The van der Waals surface area contributed by atoms with Crippen molar-refractivity contribution in [3.63, 3.8) is 0 Å². The second kappa shape index (κ2) is 20.7. The van der Waals surface area contributed by atoms with Crippen LogP contribution in [0.1, 0.15) is 130 Å². The standard InChI is InChI=1S/C66H79F2N7O4/c1-2-69-31-33-71(34-32-69)37-49-40-73-39-48(41-75-57-36-46(65(78)79)20-22-53(57)58(43-9-4-3-5-10-43)63(75)55-14-7-12-51(49)61(55)73)42-15-17-44(18-16-42)59-52-21-19-45(64(76)77)35-56(52)74-27-8-26-72-38-47(23-28-70-29-24-66(67,68)25-30-70)50-11-6-13-54(60(50)72)62(59)74/h6-7,11-12,19-22,35-36,38,40,42-44,48,56-57H,2-5,8-10,13-18,23-34,37,39,41H2,1H3,(H,76,77)(H,78,79). The maximum atomic E-state index is 14.2. The zero-order valence-corrected chi connectivity index (χ0v) is 46.3. The van der Waals surface area contributed by atoms with Gasteiger partial charge in [0.05, 0.1) is 34.6 Å². The SMILES string of the molecule is CCN1CCN(Cc2cn3c4c2C=CCC4=C2C(C4CCCCC4)=C4C=CC(C(=O)O)=CC4N2CC(C2CCC(C4=C5C=CC(C(=O)O)=CC5N5CCCn6cc(CCN7CCC(F)(F)CC7)c7c6C(=C45)CC=C7)CC2)C3)CC1. The lowest BCUT2D eigenvalue weighted by molar-refractivity contribution is -0.133. The average molecular weight is 1070 g/mol. The summed E-state index contributed by atoms with van der Waals surface area (Å²) in [5.74, 6) is -2.76. The van der Waals surface area contributed by atoms with Gasteiger partial charge in [-0.05, 0) is 152 Å². The molecule has 0 aromatic carbocycles. The lowest BCUT2D eigenvalue weighted by Gasteiger charge is -2.42. The lowest BCUT2D eigenvalue weighted by Crippen LogP contribution is -2.45. The van der Waals surface area contributed by atoms with Gasteiger partial charge in [0, 0.05) is 137 Å². The first kappa shape index (κ1) is 51.4. The number of aromatic nitrogens is 2. The number of carboxylic acid groups (broad SMARTS) is 2. The average Bonchev–Trinajstić information content (AvgIpc) is 4.41. The third-order valence-electron chi connectivity index (χ3n) is 20.9. The van der Waals surface area contributed by atoms with Crippen LogP contribution < -0.4 is 0 Å². The minimum Gasteiger partial charge on any atom is -0.478 e. The number of piperidine rings is 1. The smallest absolute Gasteiger partial charge is 0.335 e. The van der Waals surface area contributed by atoms with Crippen LogP contribution in [0.15, 0.2) is 106 Å². The highest BCUT2D eigenvalue weighted by Gasteiger charge is 2.47. The Morgan fingerprint density at radius 2 is 1.16 bits per heavy atom. The highest BCUT2D eigenvalue weighted by atomic mass is 19.3. The number of alkyl halides is 2. The van der Waals surface area contributed by atoms with Crippen LogP contribution in [0.5, 0.6) is 0 Å². The number of aryl methyl sites for hydroxylation is 1. The molecule has 2 N–H and O–H groups in total. The number of piperazine rings is 1. The van der Waals surface area contributed by atoms with Gasteiger partial charge in [-0.15, -0.1) is 0 Å². The van der Waals surface area contributed by atoms with Crippen molar-refractivity contribution in [2.45, 2.75) is 141 Å². The number of hydrogen-bond acceptors (Lipinski definition) is 7. The molecule has 14 rings (SSSR count). The predicted molar refractivity (Wildman–Crippen MR) is 307 cm³/mol. The molecule has 12 aliphatic rings. The van der Waals surface area contributed by atoms with Crippen LogP contribution in [0, 0.1) is 23.7 Å². The van der Waals surface area contributed by atoms with E-state index in [1.165, 1.54) is 111 Å². The van der Waals surface area contributed by atoms with Crippen molar-refractivity contribution in [3.8, 4) is 0 Å². The normalized spacial score (nSPS) is 28.9. The van der Waals surface area contributed by atoms with Crippen LogP contribution in [-0.2, 0) is 35.6 Å². The number of hydrogen-bond donors (Lipinski definition) is 2. The molecule has 2 aromatic rings. The number of fused-ring (bicyclic) bond motifs is 6. The summed E-state index contributed by atoms with van der Waals surface area (Å²) in [7, 11) is 0. The fourth-order valence-electron chi connectivity index (χ4n) is 16.9. The Kier molecular flexibility index (Phi) is 13.4. The van der Waals surface area contributed by atoms with Crippen LogP contribution >= 0.6 is 0 Å². The highest BCUT2D eigenvalue weighted by molar-refractivity contribution is 5.93. The fourth-order valence-corrected chi connectivity index (χ4v) is 16.9. The van der Waals surface area contributed by atoms with E-state index in [0.717, 1.165) is 123 Å². The van der Waals surface area contributed by atoms with Gasteiger partial charge in [-0.1, -0.05) is 62.6 Å². The molecule has 6 aliphatic heterocycles. The van der Waals surface area contributed by atoms with E-state index < -0.39 is 17.9 Å². The van der Waals surface area contributed by atoms with Crippen LogP contribution in [-0.4, -0.2) is 139 Å². The van der Waals surface area contributed by atoms with Crippen LogP contribution in [0.2, 0.25) is 0 Å². The third-order valence-corrected chi connectivity index (χ3v) is 20.9. The zero-order valence-electron chi connectivity index (χ0n) is 46.3. The van der Waals surface area contributed by atoms with Gasteiger partial charge in [-0.3, -0.25) is 4.90 Å². The maximum absolute atomic E-state index is 14.2. The summed E-state index contributed by atoms with van der Waals surface area (Å²) < 4.78 is 33.5. The third kappa shape index (κ3) is 9.16. The zero-order chi connectivity index (χ0) is 53.7. The molecular weight excluding hydrogens is 993 g/mol. The molecule has 416 valence electrons. The number of carbonyl (C=O) groups is 2. The van der Waals surface area contributed by atoms with Crippen molar-refractivity contribution in [3.05, 3.63) is 139 Å². The van der Waals surface area contributed by atoms with Gasteiger partial charge in [0.15, 0.2) is 0 Å². The van der Waals surface area contributed by atoms with E-state index >= 15 is 0 Å². The lowest BCUT2D eigenvalue weighted by atomic mass is 9.71. The van der Waals surface area contributed by atoms with Gasteiger partial charge in [0.2, 0.25) is 0 Å². The quantitative estimate of drug-likeness (QED) is 0.228. The molecule has 2 aromatic heterocycles. The van der Waals surface area contributed by atoms with E-state index in [9.17, 15) is 28.6 Å². The number of nitrogens with zero attached hydrogens (tertiary/aromatic N) is 7. The number of halogens is 2. The molecule has 11 nitrogen and oxygen atoms in total. The predicted octanol–water partition coefficient (Wildman–Crippen LogP) is 11.2. The van der Waals surface area contributed by atoms with Crippen molar-refractivity contribution in [1.82, 2.24) is 33.6 Å². The van der Waals surface area contributed by atoms with E-state index in [1.807, 2.05) is 18.2 Å². The van der Waals surface area contributed by atoms with E-state index in [1.54, 1.807) is 0 Å². The van der Waals surface area contributed by atoms with E-state index in [4.69, 9.17) is 0 Å². The van der Waals surface area contributed by atoms with Gasteiger partial charge in [0.25, 0.3) is 5.92 Å². The summed E-state index contributed by atoms with van der Waals surface area (Å²) in [6.45, 7) is 13.8. The Morgan fingerprint density at radius 3 is 1.81 bits per heavy atom. The molecular formula is C66H79F2N7O4. The fraction of sp³-hybridized carbons (Fsp3) is 0.545.